The summed E-state index contributed by atoms with van der Waals surface area (Å²) in [5.74, 6) is -0.947. The molecule has 0 unspecified atom stereocenters. The van der Waals surface area contributed by atoms with Crippen LogP contribution in [0.2, 0.25) is 0 Å². The number of carbonyl (C=O) groups excluding carboxylic acids is 2. The van der Waals surface area contributed by atoms with Crippen LogP contribution in [0, 0.1) is 16.0 Å². The lowest BCUT2D eigenvalue weighted by Crippen LogP contribution is -2.55. The highest BCUT2D eigenvalue weighted by atomic mass is 32.2. The van der Waals surface area contributed by atoms with Crippen molar-refractivity contribution >= 4 is 27.7 Å². The minimum absolute atomic E-state index is 0.0300. The van der Waals surface area contributed by atoms with Crippen LogP contribution in [0.3, 0.4) is 0 Å². The number of amides is 2. The first kappa shape index (κ1) is 42.2. The molecule has 1 saturated heterocycles. The van der Waals surface area contributed by atoms with Gasteiger partial charge in [-0.05, 0) is 48.2 Å². The number of likely N-dealkylation sites (tertiary alicyclic amines) is 1. The largest absolute Gasteiger partial charge is 0.452 e. The molecule has 0 aliphatic carbocycles. The molecule has 1 aliphatic heterocycles. The maximum atomic E-state index is 14.5. The van der Waals surface area contributed by atoms with E-state index < -0.39 is 44.9 Å². The van der Waals surface area contributed by atoms with Crippen molar-refractivity contribution in [2.24, 2.45) is 11.7 Å². The quantitative estimate of drug-likeness (QED) is 0.106. The molecule has 0 spiro atoms. The number of methoxy groups -OCH3 is 1. The second kappa shape index (κ2) is 19.2. The van der Waals surface area contributed by atoms with Gasteiger partial charge in [0.05, 0.1) is 29.0 Å². The fraction of sp³-hybridized carbons (Fsp3) is 0.381. The summed E-state index contributed by atoms with van der Waals surface area (Å²) in [5.41, 5.74) is 9.28. The van der Waals surface area contributed by atoms with Crippen molar-refractivity contribution in [2.45, 2.75) is 55.8 Å². The molecule has 2 N–H and O–H groups in total. The van der Waals surface area contributed by atoms with Crippen molar-refractivity contribution in [2.75, 3.05) is 46.9 Å². The Labute approximate surface area is 329 Å². The Morgan fingerprint density at radius 2 is 1.38 bits per heavy atom. The third-order valence-corrected chi connectivity index (χ3v) is 12.3. The smallest absolute Gasteiger partial charge is 0.416 e. The number of imide groups is 1. The molecule has 14 heteroatoms. The first-order valence-electron chi connectivity index (χ1n) is 18.8. The van der Waals surface area contributed by atoms with Crippen molar-refractivity contribution in [1.29, 1.82) is 0 Å². The zero-order chi connectivity index (χ0) is 40.4. The number of benzene rings is 4. The van der Waals surface area contributed by atoms with Crippen LogP contribution >= 0.6 is 0 Å². The average Bonchev–Trinajstić information content (AvgIpc) is 3.61. The van der Waals surface area contributed by atoms with Gasteiger partial charge in [0.2, 0.25) is 15.9 Å². The molecule has 4 aromatic carbocycles. The molecule has 0 bridgehead atoms. The Bertz CT molecular complexity index is 1960. The lowest BCUT2D eigenvalue weighted by molar-refractivity contribution is -0.384. The first-order chi connectivity index (χ1) is 26.8. The van der Waals surface area contributed by atoms with Crippen LogP contribution in [-0.2, 0) is 26.1 Å². The number of nitro benzene ring substituents is 1. The van der Waals surface area contributed by atoms with Crippen molar-refractivity contribution in [3.8, 4) is 0 Å². The van der Waals surface area contributed by atoms with E-state index in [0.717, 1.165) is 21.6 Å². The van der Waals surface area contributed by atoms with E-state index >= 15 is 0 Å². The number of likely N-dealkylation sites (N-methyl/N-ethyl adjacent to an activating group) is 1. The Hall–Kier alpha value is -4.99. The summed E-state index contributed by atoms with van der Waals surface area (Å²) in [6.07, 6.45) is -0.253. The van der Waals surface area contributed by atoms with Crippen molar-refractivity contribution in [1.82, 2.24) is 19.0 Å². The van der Waals surface area contributed by atoms with Crippen LogP contribution < -0.4 is 5.73 Å². The van der Waals surface area contributed by atoms with Crippen molar-refractivity contribution in [3.05, 3.63) is 142 Å². The van der Waals surface area contributed by atoms with E-state index in [0.29, 0.717) is 26.1 Å². The zero-order valence-electron chi connectivity index (χ0n) is 32.4. The van der Waals surface area contributed by atoms with Crippen LogP contribution in [0.4, 0.5) is 10.5 Å². The number of nitro groups is 1. The molecule has 0 aromatic heterocycles. The van der Waals surface area contributed by atoms with Gasteiger partial charge in [-0.25, -0.2) is 18.1 Å². The summed E-state index contributed by atoms with van der Waals surface area (Å²) < 4.78 is 35.6. The third kappa shape index (κ3) is 10.2. The van der Waals surface area contributed by atoms with Gasteiger partial charge in [-0.1, -0.05) is 105 Å². The van der Waals surface area contributed by atoms with Gasteiger partial charge in [-0.3, -0.25) is 24.7 Å². The van der Waals surface area contributed by atoms with Crippen LogP contribution in [-0.4, -0.2) is 109 Å². The monoisotopic (exact) mass is 784 g/mol. The van der Waals surface area contributed by atoms with Gasteiger partial charge in [-0.15, -0.1) is 0 Å². The topological polar surface area (TPSA) is 160 Å². The number of sulfonamides is 1. The van der Waals surface area contributed by atoms with Crippen LogP contribution in [0.25, 0.3) is 0 Å². The lowest BCUT2D eigenvalue weighted by atomic mass is 9.85. The lowest BCUT2D eigenvalue weighted by Gasteiger charge is -2.37. The number of ether oxygens (including phenoxy) is 1. The Balaban J connectivity index is 1.44. The van der Waals surface area contributed by atoms with Gasteiger partial charge in [0, 0.05) is 63.4 Å². The van der Waals surface area contributed by atoms with Crippen LogP contribution in [0.15, 0.2) is 120 Å². The first-order valence-corrected chi connectivity index (χ1v) is 20.2. The zero-order valence-corrected chi connectivity index (χ0v) is 33.2. The Morgan fingerprint density at radius 1 is 0.839 bits per heavy atom. The molecule has 5 rings (SSSR count). The third-order valence-electron chi connectivity index (χ3n) is 10.4. The molecule has 298 valence electrons. The van der Waals surface area contributed by atoms with Crippen LogP contribution in [0.5, 0.6) is 0 Å². The number of nitrogens with zero attached hydrogens (tertiary/aromatic N) is 5. The second-order valence-electron chi connectivity index (χ2n) is 14.6. The minimum atomic E-state index is -4.12. The molecule has 0 radical (unpaired) electrons. The Morgan fingerprint density at radius 3 is 1.89 bits per heavy atom. The van der Waals surface area contributed by atoms with Gasteiger partial charge in [0.1, 0.15) is 0 Å². The minimum Gasteiger partial charge on any atom is -0.452 e. The standard InChI is InChI=1S/C42H52N6O7S/c1-31(2)24-25-47(56(53,54)36-22-20-35(21-23-36)48(51)52)38-30-45(28-32-14-8-5-9-15-32)29-37(38)44(3)26-27-46(42(50)55-4)41(49)40(43)39(33-16-10-6-11-17-33)34-18-12-7-13-19-34/h5-23,31,37-40H,24-30,43H2,1-4H3/t37-,38-,40+/m1/s1. The highest BCUT2D eigenvalue weighted by molar-refractivity contribution is 7.89. The predicted molar refractivity (Wildman–Crippen MR) is 215 cm³/mol. The molecular weight excluding hydrogens is 733 g/mol. The molecule has 1 aliphatic rings. The summed E-state index contributed by atoms with van der Waals surface area (Å²) in [5, 5.41) is 11.4. The summed E-state index contributed by atoms with van der Waals surface area (Å²) >= 11 is 0. The van der Waals surface area contributed by atoms with Gasteiger partial charge < -0.3 is 10.5 Å². The SMILES string of the molecule is COC(=O)N(CCN(C)[C@@H]1CN(Cc2ccccc2)C[C@H]1N(CCC(C)C)S(=O)(=O)c1ccc([N+](=O)[O-])cc1)C(=O)[C@@H](N)C(c1ccccc1)c1ccccc1. The summed E-state index contributed by atoms with van der Waals surface area (Å²) in [6, 6.07) is 31.8. The molecule has 1 heterocycles. The van der Waals surface area contributed by atoms with E-state index in [9.17, 15) is 28.1 Å². The average molecular weight is 785 g/mol. The molecule has 3 atom stereocenters. The van der Waals surface area contributed by atoms with Gasteiger partial charge in [0.15, 0.2) is 0 Å². The van der Waals surface area contributed by atoms with Crippen molar-refractivity contribution < 1.29 is 27.7 Å². The number of non-ortho nitro benzene ring substituents is 1. The van der Waals surface area contributed by atoms with E-state index in [1.807, 2.05) is 117 Å². The predicted octanol–water partition coefficient (Wildman–Crippen LogP) is 5.57. The number of hydrogen-bond acceptors (Lipinski definition) is 10. The summed E-state index contributed by atoms with van der Waals surface area (Å²) in [4.78, 5) is 43.5. The number of rotatable bonds is 17. The number of hydrogen-bond donors (Lipinski definition) is 1. The van der Waals surface area contributed by atoms with E-state index in [1.54, 1.807) is 0 Å². The van der Waals surface area contributed by atoms with E-state index in [-0.39, 0.29) is 42.2 Å². The molecular formula is C42H52N6O7S. The summed E-state index contributed by atoms with van der Waals surface area (Å²) in [6.45, 7) is 5.92. The van der Waals surface area contributed by atoms with Crippen molar-refractivity contribution in [3.63, 3.8) is 0 Å². The number of nitrogens with two attached hydrogens (primary N) is 1. The van der Waals surface area contributed by atoms with E-state index in [1.165, 1.54) is 35.7 Å². The Kier molecular flexibility index (Phi) is 14.5. The fourth-order valence-corrected chi connectivity index (χ4v) is 8.99. The van der Waals surface area contributed by atoms with Gasteiger partial charge >= 0.3 is 6.09 Å². The molecule has 13 nitrogen and oxygen atoms in total. The molecule has 56 heavy (non-hydrogen) atoms. The maximum Gasteiger partial charge on any atom is 0.416 e. The maximum absolute atomic E-state index is 14.5. The highest BCUT2D eigenvalue weighted by Gasteiger charge is 2.44. The second-order valence-corrected chi connectivity index (χ2v) is 16.5. The highest BCUT2D eigenvalue weighted by Crippen LogP contribution is 2.31. The normalized spacial score (nSPS) is 16.7. The molecule has 0 saturated carbocycles. The van der Waals surface area contributed by atoms with Crippen LogP contribution in [0.1, 0.15) is 42.9 Å². The van der Waals surface area contributed by atoms with Gasteiger partial charge in [-0.2, -0.15) is 4.31 Å². The summed E-state index contributed by atoms with van der Waals surface area (Å²) in [7, 11) is -1.04. The molecule has 4 aromatic rings. The number of carbonyl (C=O) groups is 2. The van der Waals surface area contributed by atoms with Gasteiger partial charge in [0.25, 0.3) is 5.69 Å². The fourth-order valence-electron chi connectivity index (χ4n) is 7.33. The van der Waals surface area contributed by atoms with E-state index in [2.05, 4.69) is 4.90 Å². The molecule has 1 fully saturated rings. The molecule has 2 amide bonds. The van der Waals surface area contributed by atoms with E-state index in [4.69, 9.17) is 10.5 Å².